The zero-order valence-electron chi connectivity index (χ0n) is 8.82. The van der Waals surface area contributed by atoms with Crippen LogP contribution in [0.2, 0.25) is 0 Å². The lowest BCUT2D eigenvalue weighted by Crippen LogP contribution is -2.50. The number of hydrogen-bond donors (Lipinski definition) is 1. The summed E-state index contributed by atoms with van der Waals surface area (Å²) in [6.45, 7) is 6.88. The summed E-state index contributed by atoms with van der Waals surface area (Å²) in [5, 5.41) is 3.21. The highest BCUT2D eigenvalue weighted by Crippen LogP contribution is 2.15. The standard InChI is InChI=1S/C10H20ClNO/c1-4-6-7-10(3,12-5-2)9(13)8-11/h12H,4-8H2,1-3H3. The Labute approximate surface area is 86.0 Å². The molecular weight excluding hydrogens is 186 g/mol. The summed E-state index contributed by atoms with van der Waals surface area (Å²) in [4.78, 5) is 11.5. The molecule has 0 saturated heterocycles. The number of ketones is 1. The lowest BCUT2D eigenvalue weighted by Gasteiger charge is -2.28. The van der Waals surface area contributed by atoms with Crippen molar-refractivity contribution in [2.24, 2.45) is 0 Å². The maximum absolute atomic E-state index is 11.5. The molecule has 0 aromatic rings. The van der Waals surface area contributed by atoms with Gasteiger partial charge in [-0.05, 0) is 19.9 Å². The van der Waals surface area contributed by atoms with Gasteiger partial charge in [-0.25, -0.2) is 0 Å². The number of Topliss-reactive ketones (excluding diaryl/α,β-unsaturated/α-hetero) is 1. The highest BCUT2D eigenvalue weighted by Gasteiger charge is 2.29. The molecule has 1 atom stereocenters. The Morgan fingerprint density at radius 3 is 2.46 bits per heavy atom. The van der Waals surface area contributed by atoms with Gasteiger partial charge in [0.05, 0.1) is 11.4 Å². The second kappa shape index (κ2) is 6.39. The molecule has 0 aromatic heterocycles. The van der Waals surface area contributed by atoms with Gasteiger partial charge in [0.15, 0.2) is 5.78 Å². The normalized spacial score (nSPS) is 15.4. The molecule has 1 unspecified atom stereocenters. The van der Waals surface area contributed by atoms with Crippen LogP contribution in [0, 0.1) is 0 Å². The molecule has 0 radical (unpaired) electrons. The van der Waals surface area contributed by atoms with E-state index in [1.165, 1.54) is 0 Å². The van der Waals surface area contributed by atoms with Gasteiger partial charge >= 0.3 is 0 Å². The molecule has 0 bridgehead atoms. The van der Waals surface area contributed by atoms with Crippen LogP contribution in [-0.2, 0) is 4.79 Å². The van der Waals surface area contributed by atoms with Crippen molar-refractivity contribution in [1.82, 2.24) is 5.32 Å². The lowest BCUT2D eigenvalue weighted by atomic mass is 9.91. The number of unbranched alkanes of at least 4 members (excludes halogenated alkanes) is 1. The maximum Gasteiger partial charge on any atom is 0.167 e. The number of alkyl halides is 1. The van der Waals surface area contributed by atoms with Crippen molar-refractivity contribution in [2.75, 3.05) is 12.4 Å². The number of likely N-dealkylation sites (N-methyl/N-ethyl adjacent to an activating group) is 1. The van der Waals surface area contributed by atoms with E-state index in [0.717, 1.165) is 25.8 Å². The fraction of sp³-hybridized carbons (Fsp3) is 0.900. The van der Waals surface area contributed by atoms with Crippen LogP contribution in [0.5, 0.6) is 0 Å². The van der Waals surface area contributed by atoms with Gasteiger partial charge in [-0.1, -0.05) is 26.7 Å². The molecule has 0 aromatic carbocycles. The van der Waals surface area contributed by atoms with Crippen LogP contribution in [0.25, 0.3) is 0 Å². The Kier molecular flexibility index (Phi) is 6.35. The third-order valence-corrected chi connectivity index (χ3v) is 2.58. The van der Waals surface area contributed by atoms with Crippen molar-refractivity contribution in [3.63, 3.8) is 0 Å². The first-order valence-electron chi connectivity index (χ1n) is 4.95. The van der Waals surface area contributed by atoms with Crippen LogP contribution in [0.15, 0.2) is 0 Å². The van der Waals surface area contributed by atoms with E-state index < -0.39 is 5.54 Å². The number of hydrogen-bond acceptors (Lipinski definition) is 2. The fourth-order valence-electron chi connectivity index (χ4n) is 1.39. The minimum Gasteiger partial charge on any atom is -0.305 e. The smallest absolute Gasteiger partial charge is 0.167 e. The van der Waals surface area contributed by atoms with Crippen LogP contribution in [-0.4, -0.2) is 23.7 Å². The molecule has 0 spiro atoms. The van der Waals surface area contributed by atoms with Crippen molar-refractivity contribution in [2.45, 2.75) is 45.6 Å². The third-order valence-electron chi connectivity index (χ3n) is 2.33. The number of carbonyl (C=O) groups is 1. The average Bonchev–Trinajstić information content (AvgIpc) is 2.14. The zero-order chi connectivity index (χ0) is 10.3. The molecule has 13 heavy (non-hydrogen) atoms. The molecule has 2 nitrogen and oxygen atoms in total. The lowest BCUT2D eigenvalue weighted by molar-refractivity contribution is -0.122. The van der Waals surface area contributed by atoms with Gasteiger partial charge in [0, 0.05) is 0 Å². The largest absolute Gasteiger partial charge is 0.305 e. The van der Waals surface area contributed by atoms with Crippen LogP contribution >= 0.6 is 11.6 Å². The van der Waals surface area contributed by atoms with Crippen molar-refractivity contribution >= 4 is 17.4 Å². The Morgan fingerprint density at radius 1 is 1.46 bits per heavy atom. The molecule has 3 heteroatoms. The van der Waals surface area contributed by atoms with Crippen LogP contribution in [0.4, 0.5) is 0 Å². The van der Waals surface area contributed by atoms with Gasteiger partial charge in [0.2, 0.25) is 0 Å². The van der Waals surface area contributed by atoms with Crippen LogP contribution in [0.1, 0.15) is 40.0 Å². The van der Waals surface area contributed by atoms with E-state index in [0.29, 0.717) is 0 Å². The molecule has 78 valence electrons. The van der Waals surface area contributed by atoms with Gasteiger partial charge in [-0.3, -0.25) is 4.79 Å². The average molecular weight is 206 g/mol. The fourth-order valence-corrected chi connectivity index (χ4v) is 1.69. The summed E-state index contributed by atoms with van der Waals surface area (Å²) in [6, 6.07) is 0. The molecule has 0 amide bonds. The number of rotatable bonds is 7. The van der Waals surface area contributed by atoms with Crippen molar-refractivity contribution in [3.05, 3.63) is 0 Å². The molecule has 0 aliphatic carbocycles. The molecular formula is C10H20ClNO. The quantitative estimate of drug-likeness (QED) is 0.647. The van der Waals surface area contributed by atoms with Gasteiger partial charge in [-0.15, -0.1) is 11.6 Å². The van der Waals surface area contributed by atoms with Gasteiger partial charge < -0.3 is 5.32 Å². The highest BCUT2D eigenvalue weighted by atomic mass is 35.5. The Morgan fingerprint density at radius 2 is 2.08 bits per heavy atom. The SMILES string of the molecule is CCCCC(C)(NCC)C(=O)CCl. The number of halogens is 1. The summed E-state index contributed by atoms with van der Waals surface area (Å²) in [6.07, 6.45) is 3.05. The molecule has 0 fully saturated rings. The third kappa shape index (κ3) is 4.10. The highest BCUT2D eigenvalue weighted by molar-refractivity contribution is 6.28. The topological polar surface area (TPSA) is 29.1 Å². The van der Waals surface area contributed by atoms with Crippen molar-refractivity contribution in [1.29, 1.82) is 0 Å². The molecule has 0 aliphatic rings. The first-order valence-corrected chi connectivity index (χ1v) is 5.48. The summed E-state index contributed by atoms with van der Waals surface area (Å²) in [5.74, 6) is 0.206. The molecule has 1 N–H and O–H groups in total. The van der Waals surface area contributed by atoms with Gasteiger partial charge in [0.1, 0.15) is 0 Å². The monoisotopic (exact) mass is 205 g/mol. The molecule has 0 rings (SSSR count). The first-order chi connectivity index (χ1) is 6.10. The molecule has 0 saturated carbocycles. The van der Waals surface area contributed by atoms with E-state index in [-0.39, 0.29) is 11.7 Å². The Balaban J connectivity index is 4.23. The van der Waals surface area contributed by atoms with E-state index in [4.69, 9.17) is 11.6 Å². The summed E-state index contributed by atoms with van der Waals surface area (Å²) >= 11 is 5.56. The predicted octanol–water partition coefficient (Wildman–Crippen LogP) is 2.35. The van der Waals surface area contributed by atoms with Crippen molar-refractivity contribution in [3.8, 4) is 0 Å². The maximum atomic E-state index is 11.5. The van der Waals surface area contributed by atoms with E-state index in [1.54, 1.807) is 0 Å². The van der Waals surface area contributed by atoms with E-state index >= 15 is 0 Å². The van der Waals surface area contributed by atoms with E-state index in [2.05, 4.69) is 12.2 Å². The minimum absolute atomic E-state index is 0.101. The summed E-state index contributed by atoms with van der Waals surface area (Å²) in [5.41, 5.74) is -0.410. The van der Waals surface area contributed by atoms with Crippen molar-refractivity contribution < 1.29 is 4.79 Å². The van der Waals surface area contributed by atoms with Gasteiger partial charge in [0.25, 0.3) is 0 Å². The number of nitrogens with one attached hydrogen (secondary N) is 1. The van der Waals surface area contributed by atoms with E-state index in [1.807, 2.05) is 13.8 Å². The van der Waals surface area contributed by atoms with Crippen LogP contribution < -0.4 is 5.32 Å². The van der Waals surface area contributed by atoms with E-state index in [9.17, 15) is 4.79 Å². The Hall–Kier alpha value is -0.0800. The molecule has 0 aliphatic heterocycles. The molecule has 0 heterocycles. The summed E-state index contributed by atoms with van der Waals surface area (Å²) < 4.78 is 0. The summed E-state index contributed by atoms with van der Waals surface area (Å²) in [7, 11) is 0. The van der Waals surface area contributed by atoms with Crippen LogP contribution in [0.3, 0.4) is 0 Å². The van der Waals surface area contributed by atoms with Gasteiger partial charge in [-0.2, -0.15) is 0 Å². The number of carbonyl (C=O) groups excluding carboxylic acids is 1. The zero-order valence-corrected chi connectivity index (χ0v) is 9.58. The first kappa shape index (κ1) is 12.9. The predicted molar refractivity (Wildman–Crippen MR) is 57.3 cm³/mol. The second-order valence-electron chi connectivity index (χ2n) is 3.52. The minimum atomic E-state index is -0.410. The Bertz CT molecular complexity index is 161. The second-order valence-corrected chi connectivity index (χ2v) is 3.79.